The smallest absolute Gasteiger partial charge is 0.229 e. The van der Waals surface area contributed by atoms with Crippen LogP contribution in [0.2, 0.25) is 0 Å². The molecular formula is C22H27N5O3S. The van der Waals surface area contributed by atoms with Crippen LogP contribution in [0, 0.1) is 0 Å². The molecule has 0 spiro atoms. The van der Waals surface area contributed by atoms with E-state index < -0.39 is 9.71 Å². The summed E-state index contributed by atoms with van der Waals surface area (Å²) in [6.07, 6.45) is 1.70. The van der Waals surface area contributed by atoms with Crippen molar-refractivity contribution in [3.8, 4) is 16.9 Å². The van der Waals surface area contributed by atoms with Gasteiger partial charge in [-0.25, -0.2) is 9.19 Å². The molecule has 0 fully saturated rings. The van der Waals surface area contributed by atoms with Crippen molar-refractivity contribution in [3.05, 3.63) is 54.7 Å². The maximum atomic E-state index is 12.0. The van der Waals surface area contributed by atoms with Gasteiger partial charge in [-0.2, -0.15) is 4.98 Å². The van der Waals surface area contributed by atoms with Crippen LogP contribution in [0.1, 0.15) is 13.8 Å². The zero-order chi connectivity index (χ0) is 22.4. The van der Waals surface area contributed by atoms with Crippen LogP contribution in [0.3, 0.4) is 0 Å². The lowest BCUT2D eigenvalue weighted by Crippen LogP contribution is -2.21. The van der Waals surface area contributed by atoms with Gasteiger partial charge in [0.05, 0.1) is 22.9 Å². The van der Waals surface area contributed by atoms with E-state index in [-0.39, 0.29) is 12.6 Å². The summed E-state index contributed by atoms with van der Waals surface area (Å²) < 4.78 is 17.5. The van der Waals surface area contributed by atoms with Crippen molar-refractivity contribution in [2.75, 3.05) is 23.8 Å². The molecule has 0 amide bonds. The van der Waals surface area contributed by atoms with Gasteiger partial charge in [-0.1, -0.05) is 18.2 Å². The van der Waals surface area contributed by atoms with Gasteiger partial charge in [-0.05, 0) is 55.6 Å². The van der Waals surface area contributed by atoms with Crippen LogP contribution in [0.15, 0.2) is 59.6 Å². The Morgan fingerprint density at radius 3 is 2.65 bits per heavy atom. The zero-order valence-electron chi connectivity index (χ0n) is 17.5. The number of ether oxygens (including phenoxy) is 1. The third-order valence-electron chi connectivity index (χ3n) is 4.41. The number of aliphatic hydroxyl groups is 1. The maximum Gasteiger partial charge on any atom is 0.229 e. The third kappa shape index (κ3) is 5.94. The molecular weight excluding hydrogens is 414 g/mol. The largest absolute Gasteiger partial charge is 0.494 e. The fourth-order valence-electron chi connectivity index (χ4n) is 2.86. The minimum Gasteiger partial charge on any atom is -0.494 e. The SMILES string of the molecule is C=S(N)(=O)c1cccc(Nc2ncc(-c3ccc(OCC)cc3)c(N[C@H](C)CO)n2)c1. The van der Waals surface area contributed by atoms with E-state index in [9.17, 15) is 9.32 Å². The fraction of sp³-hybridized carbons (Fsp3) is 0.227. The Kier molecular flexibility index (Phi) is 7.11. The van der Waals surface area contributed by atoms with E-state index >= 15 is 0 Å². The summed E-state index contributed by atoms with van der Waals surface area (Å²) in [4.78, 5) is 9.44. The summed E-state index contributed by atoms with van der Waals surface area (Å²) in [6, 6.07) is 14.3. The Hall–Kier alpha value is -3.14. The predicted octanol–water partition coefficient (Wildman–Crippen LogP) is 3.03. The first-order chi connectivity index (χ1) is 14.8. The first kappa shape index (κ1) is 22.5. The minimum atomic E-state index is -2.83. The second kappa shape index (κ2) is 9.78. The van der Waals surface area contributed by atoms with Crippen LogP contribution >= 0.6 is 0 Å². The van der Waals surface area contributed by atoms with E-state index in [0.29, 0.717) is 29.0 Å². The lowest BCUT2D eigenvalue weighted by atomic mass is 10.1. The molecule has 3 aromatic rings. The van der Waals surface area contributed by atoms with Gasteiger partial charge in [0.1, 0.15) is 11.6 Å². The number of hydrogen-bond donors (Lipinski definition) is 4. The van der Waals surface area contributed by atoms with Gasteiger partial charge >= 0.3 is 0 Å². The molecule has 164 valence electrons. The lowest BCUT2D eigenvalue weighted by molar-refractivity contribution is 0.281. The quantitative estimate of drug-likeness (QED) is 0.377. The summed E-state index contributed by atoms with van der Waals surface area (Å²) in [7, 11) is -2.83. The number of rotatable bonds is 9. The van der Waals surface area contributed by atoms with Gasteiger partial charge in [0.2, 0.25) is 5.95 Å². The number of benzene rings is 2. The summed E-state index contributed by atoms with van der Waals surface area (Å²) in [5.41, 5.74) is 2.32. The van der Waals surface area contributed by atoms with Crippen LogP contribution in [-0.4, -0.2) is 44.4 Å². The highest BCUT2D eigenvalue weighted by atomic mass is 32.2. The average molecular weight is 442 g/mol. The Morgan fingerprint density at radius 1 is 1.26 bits per heavy atom. The molecule has 1 heterocycles. The molecule has 0 saturated heterocycles. The van der Waals surface area contributed by atoms with E-state index in [0.717, 1.165) is 16.9 Å². The maximum absolute atomic E-state index is 12.0. The number of aromatic nitrogens is 2. The molecule has 8 nitrogen and oxygen atoms in total. The molecule has 31 heavy (non-hydrogen) atoms. The Labute approximate surface area is 182 Å². The van der Waals surface area contributed by atoms with Crippen molar-refractivity contribution < 1.29 is 14.1 Å². The van der Waals surface area contributed by atoms with E-state index in [4.69, 9.17) is 9.88 Å². The predicted molar refractivity (Wildman–Crippen MR) is 126 cm³/mol. The van der Waals surface area contributed by atoms with Gasteiger partial charge in [0, 0.05) is 28.4 Å². The Balaban J connectivity index is 1.94. The van der Waals surface area contributed by atoms with E-state index in [1.165, 1.54) is 0 Å². The fourth-order valence-corrected chi connectivity index (χ4v) is 3.49. The highest BCUT2D eigenvalue weighted by Gasteiger charge is 2.13. The second-order valence-corrected chi connectivity index (χ2v) is 8.94. The minimum absolute atomic E-state index is 0.0497. The molecule has 3 rings (SSSR count). The van der Waals surface area contributed by atoms with Crippen molar-refractivity contribution in [1.82, 2.24) is 9.97 Å². The van der Waals surface area contributed by atoms with Gasteiger partial charge in [0.15, 0.2) is 0 Å². The number of nitrogens with zero attached hydrogens (tertiary/aromatic N) is 2. The molecule has 0 aliphatic heterocycles. The Morgan fingerprint density at radius 2 is 2.00 bits per heavy atom. The van der Waals surface area contributed by atoms with Crippen molar-refractivity contribution in [2.24, 2.45) is 5.14 Å². The molecule has 0 radical (unpaired) electrons. The molecule has 0 saturated carbocycles. The molecule has 1 aromatic heterocycles. The highest BCUT2D eigenvalue weighted by Crippen LogP contribution is 2.29. The van der Waals surface area contributed by atoms with E-state index in [1.54, 1.807) is 30.5 Å². The number of nitrogens with two attached hydrogens (primary N) is 1. The Bertz CT molecular complexity index is 1130. The summed E-state index contributed by atoms with van der Waals surface area (Å²) >= 11 is 0. The summed E-state index contributed by atoms with van der Waals surface area (Å²) in [5, 5.41) is 21.4. The van der Waals surface area contributed by atoms with Crippen molar-refractivity contribution in [1.29, 1.82) is 0 Å². The molecule has 9 heteroatoms. The topological polar surface area (TPSA) is 122 Å². The normalized spacial score (nSPS) is 13.8. The van der Waals surface area contributed by atoms with E-state index in [2.05, 4.69) is 26.5 Å². The molecule has 2 atom stereocenters. The summed E-state index contributed by atoms with van der Waals surface area (Å²) in [6.45, 7) is 4.33. The molecule has 0 aliphatic rings. The third-order valence-corrected chi connectivity index (χ3v) is 5.46. The molecule has 1 unspecified atom stereocenters. The van der Waals surface area contributed by atoms with Crippen LogP contribution in [0.5, 0.6) is 5.75 Å². The van der Waals surface area contributed by atoms with Crippen molar-refractivity contribution in [3.63, 3.8) is 0 Å². The van der Waals surface area contributed by atoms with Crippen molar-refractivity contribution in [2.45, 2.75) is 24.8 Å². The van der Waals surface area contributed by atoms with E-state index in [1.807, 2.05) is 38.1 Å². The highest BCUT2D eigenvalue weighted by molar-refractivity contribution is 7.98. The van der Waals surface area contributed by atoms with Gasteiger partial charge in [-0.15, -0.1) is 0 Å². The lowest BCUT2D eigenvalue weighted by Gasteiger charge is -2.17. The number of aliphatic hydroxyl groups excluding tert-OH is 1. The standard InChI is InChI=1S/C22H27N5O3S/c1-4-30-18-10-8-16(9-11-18)20-13-24-22(27-21(20)25-15(2)14-28)26-17-6-5-7-19(12-17)31(3,23)29/h5-13,15,28H,3-4,14H2,1-2H3,(H2,23,29)(H2,24,25,26,27)/t15-,31?/m1/s1. The zero-order valence-corrected chi connectivity index (χ0v) is 18.4. The van der Waals surface area contributed by atoms with Crippen molar-refractivity contribution >= 4 is 33.0 Å². The second-order valence-electron chi connectivity index (χ2n) is 7.02. The van der Waals surface area contributed by atoms with Gasteiger partial charge in [-0.3, -0.25) is 5.14 Å². The monoisotopic (exact) mass is 441 g/mol. The molecule has 2 aromatic carbocycles. The average Bonchev–Trinajstić information content (AvgIpc) is 2.74. The van der Waals surface area contributed by atoms with Gasteiger partial charge in [0.25, 0.3) is 0 Å². The first-order valence-electron chi connectivity index (χ1n) is 9.80. The molecule has 5 N–H and O–H groups in total. The van der Waals surface area contributed by atoms with Crippen LogP contribution in [0.4, 0.5) is 17.5 Å². The first-order valence-corrected chi connectivity index (χ1v) is 11.6. The number of nitrogens with one attached hydrogen (secondary N) is 2. The molecule has 0 aliphatic carbocycles. The summed E-state index contributed by atoms with van der Waals surface area (Å²) in [5.74, 6) is 5.20. The van der Waals surface area contributed by atoms with Crippen LogP contribution in [-0.2, 0) is 9.71 Å². The van der Waals surface area contributed by atoms with Crippen LogP contribution in [0.25, 0.3) is 11.1 Å². The van der Waals surface area contributed by atoms with Crippen LogP contribution < -0.4 is 20.5 Å². The number of hydrogen-bond acceptors (Lipinski definition) is 7. The molecule has 0 bridgehead atoms. The number of anilines is 3. The van der Waals surface area contributed by atoms with Gasteiger partial charge < -0.3 is 20.5 Å².